The fraction of sp³-hybridized carbons (Fsp3) is 0.200. The Labute approximate surface area is 148 Å². The summed E-state index contributed by atoms with van der Waals surface area (Å²) < 4.78 is 27.1. The van der Waals surface area contributed by atoms with Gasteiger partial charge in [-0.1, -0.05) is 60.2 Å². The first-order valence-electron chi connectivity index (χ1n) is 8.19. The number of hydrogen-bond donors (Lipinski definition) is 2. The number of rotatable bonds is 6. The third-order valence-electron chi connectivity index (χ3n) is 4.22. The number of aryl methyl sites for hydroxylation is 1. The highest BCUT2D eigenvalue weighted by Crippen LogP contribution is 2.26. The van der Waals surface area contributed by atoms with Crippen molar-refractivity contribution in [1.82, 2.24) is 4.72 Å². The van der Waals surface area contributed by atoms with Gasteiger partial charge in [-0.3, -0.25) is 0 Å². The first-order valence-corrected chi connectivity index (χ1v) is 9.68. The average molecular weight is 355 g/mol. The van der Waals surface area contributed by atoms with E-state index >= 15 is 0 Å². The first kappa shape index (κ1) is 17.6. The fourth-order valence-corrected chi connectivity index (χ4v) is 3.87. The molecule has 0 amide bonds. The zero-order valence-corrected chi connectivity index (χ0v) is 14.8. The summed E-state index contributed by atoms with van der Waals surface area (Å²) in [6, 6.07) is 20.3. The lowest BCUT2D eigenvalue weighted by Crippen LogP contribution is -2.26. The number of nitrogens with one attached hydrogen (secondary N) is 1. The molecule has 130 valence electrons. The molecular weight excluding hydrogens is 334 g/mol. The average Bonchev–Trinajstić information content (AvgIpc) is 2.61. The minimum absolute atomic E-state index is 0.167. The van der Waals surface area contributed by atoms with Crippen LogP contribution < -0.4 is 4.72 Å². The Morgan fingerprint density at radius 3 is 2.40 bits per heavy atom. The molecule has 0 heterocycles. The predicted octanol–water partition coefficient (Wildman–Crippen LogP) is 3.55. The maximum absolute atomic E-state index is 12.3. The van der Waals surface area contributed by atoms with E-state index in [2.05, 4.69) is 4.72 Å². The minimum atomic E-state index is -3.56. The SMILES string of the molecule is Cc1ccc(S(=O)(=O)NCCC(O)c2cccc3ccccc23)cc1. The quantitative estimate of drug-likeness (QED) is 0.711. The Kier molecular flexibility index (Phi) is 5.18. The van der Waals surface area contributed by atoms with E-state index in [1.54, 1.807) is 24.3 Å². The molecule has 0 spiro atoms. The molecule has 1 atom stereocenters. The van der Waals surface area contributed by atoms with Crippen LogP contribution in [0.5, 0.6) is 0 Å². The summed E-state index contributed by atoms with van der Waals surface area (Å²) in [6.07, 6.45) is -0.425. The van der Waals surface area contributed by atoms with Gasteiger partial charge in [-0.15, -0.1) is 0 Å². The van der Waals surface area contributed by atoms with Crippen molar-refractivity contribution in [3.8, 4) is 0 Å². The van der Waals surface area contributed by atoms with Crippen LogP contribution in [0.1, 0.15) is 23.7 Å². The highest BCUT2D eigenvalue weighted by Gasteiger charge is 2.15. The van der Waals surface area contributed by atoms with Crippen LogP contribution in [0, 0.1) is 6.92 Å². The van der Waals surface area contributed by atoms with Crippen LogP contribution >= 0.6 is 0 Å². The lowest BCUT2D eigenvalue weighted by molar-refractivity contribution is 0.170. The second-order valence-electron chi connectivity index (χ2n) is 6.08. The topological polar surface area (TPSA) is 66.4 Å². The third kappa shape index (κ3) is 4.07. The van der Waals surface area contributed by atoms with Crippen LogP contribution in [-0.2, 0) is 10.0 Å². The molecule has 1 unspecified atom stereocenters. The highest BCUT2D eigenvalue weighted by molar-refractivity contribution is 7.89. The van der Waals surface area contributed by atoms with Gasteiger partial charge < -0.3 is 5.11 Å². The van der Waals surface area contributed by atoms with E-state index in [0.717, 1.165) is 21.9 Å². The first-order chi connectivity index (χ1) is 12.0. The van der Waals surface area contributed by atoms with Crippen molar-refractivity contribution in [2.75, 3.05) is 6.54 Å². The van der Waals surface area contributed by atoms with Crippen LogP contribution in [0.4, 0.5) is 0 Å². The van der Waals surface area contributed by atoms with Gasteiger partial charge in [0.05, 0.1) is 11.0 Å². The highest BCUT2D eigenvalue weighted by atomic mass is 32.2. The molecule has 0 fully saturated rings. The summed E-state index contributed by atoms with van der Waals surface area (Å²) >= 11 is 0. The molecule has 0 radical (unpaired) electrons. The van der Waals surface area contributed by atoms with Gasteiger partial charge in [-0.2, -0.15) is 0 Å². The molecule has 0 aliphatic rings. The van der Waals surface area contributed by atoms with Crippen molar-refractivity contribution in [1.29, 1.82) is 0 Å². The number of aliphatic hydroxyl groups is 1. The van der Waals surface area contributed by atoms with Crippen molar-refractivity contribution < 1.29 is 13.5 Å². The van der Waals surface area contributed by atoms with Gasteiger partial charge in [-0.25, -0.2) is 13.1 Å². The molecule has 0 aliphatic carbocycles. The van der Waals surface area contributed by atoms with Gasteiger partial charge in [0.25, 0.3) is 0 Å². The predicted molar refractivity (Wildman–Crippen MR) is 99.9 cm³/mol. The minimum Gasteiger partial charge on any atom is -0.388 e. The van der Waals surface area contributed by atoms with Crippen molar-refractivity contribution in [2.24, 2.45) is 0 Å². The molecule has 0 bridgehead atoms. The maximum Gasteiger partial charge on any atom is 0.240 e. The van der Waals surface area contributed by atoms with E-state index in [-0.39, 0.29) is 11.4 Å². The molecule has 4 nitrogen and oxygen atoms in total. The van der Waals surface area contributed by atoms with E-state index in [1.165, 1.54) is 0 Å². The number of sulfonamides is 1. The van der Waals surface area contributed by atoms with Crippen molar-refractivity contribution in [3.63, 3.8) is 0 Å². The summed E-state index contributed by atoms with van der Waals surface area (Å²) in [5.41, 5.74) is 1.82. The van der Waals surface area contributed by atoms with Gasteiger partial charge in [0.15, 0.2) is 0 Å². The summed E-state index contributed by atoms with van der Waals surface area (Å²) in [5.74, 6) is 0. The third-order valence-corrected chi connectivity index (χ3v) is 5.70. The Morgan fingerprint density at radius 2 is 1.64 bits per heavy atom. The summed E-state index contributed by atoms with van der Waals surface area (Å²) in [6.45, 7) is 2.07. The summed E-state index contributed by atoms with van der Waals surface area (Å²) in [5, 5.41) is 12.5. The van der Waals surface area contributed by atoms with Crippen LogP contribution in [0.25, 0.3) is 10.8 Å². The lowest BCUT2D eigenvalue weighted by Gasteiger charge is -2.14. The van der Waals surface area contributed by atoms with Crippen LogP contribution in [0.3, 0.4) is 0 Å². The molecular formula is C20H21NO3S. The Hall–Kier alpha value is -2.21. The molecule has 3 aromatic carbocycles. The molecule has 3 aromatic rings. The standard InChI is InChI=1S/C20H21NO3S/c1-15-9-11-17(12-10-15)25(23,24)21-14-13-20(22)19-8-4-6-16-5-2-3-7-18(16)19/h2-12,20-22H,13-14H2,1H3. The molecule has 2 N–H and O–H groups in total. The number of aliphatic hydroxyl groups excluding tert-OH is 1. The van der Waals surface area contributed by atoms with E-state index in [1.807, 2.05) is 49.4 Å². The zero-order valence-electron chi connectivity index (χ0n) is 14.0. The normalized spacial score (nSPS) is 13.0. The molecule has 5 heteroatoms. The van der Waals surface area contributed by atoms with E-state index in [0.29, 0.717) is 6.42 Å². The van der Waals surface area contributed by atoms with Gasteiger partial charge in [0.1, 0.15) is 0 Å². The molecule has 3 rings (SSSR count). The second kappa shape index (κ2) is 7.35. The summed E-state index contributed by atoms with van der Waals surface area (Å²) in [7, 11) is -3.56. The van der Waals surface area contributed by atoms with Gasteiger partial charge in [-0.05, 0) is 41.8 Å². The summed E-state index contributed by atoms with van der Waals surface area (Å²) in [4.78, 5) is 0.234. The van der Waals surface area contributed by atoms with Crippen LogP contribution in [0.2, 0.25) is 0 Å². The Morgan fingerprint density at radius 1 is 0.960 bits per heavy atom. The van der Waals surface area contributed by atoms with E-state index < -0.39 is 16.1 Å². The number of fused-ring (bicyclic) bond motifs is 1. The van der Waals surface area contributed by atoms with E-state index in [9.17, 15) is 13.5 Å². The lowest BCUT2D eigenvalue weighted by atomic mass is 9.99. The van der Waals surface area contributed by atoms with Crippen molar-refractivity contribution >= 4 is 20.8 Å². The van der Waals surface area contributed by atoms with Gasteiger partial charge in [0.2, 0.25) is 10.0 Å². The molecule has 0 saturated heterocycles. The second-order valence-corrected chi connectivity index (χ2v) is 7.85. The zero-order chi connectivity index (χ0) is 17.9. The fourth-order valence-electron chi connectivity index (χ4n) is 2.83. The Balaban J connectivity index is 1.68. The van der Waals surface area contributed by atoms with Gasteiger partial charge >= 0.3 is 0 Å². The van der Waals surface area contributed by atoms with Crippen LogP contribution in [0.15, 0.2) is 71.6 Å². The van der Waals surface area contributed by atoms with Crippen LogP contribution in [-0.4, -0.2) is 20.1 Å². The number of benzene rings is 3. The molecule has 25 heavy (non-hydrogen) atoms. The number of hydrogen-bond acceptors (Lipinski definition) is 3. The van der Waals surface area contributed by atoms with Gasteiger partial charge in [0, 0.05) is 6.54 Å². The molecule has 0 aromatic heterocycles. The van der Waals surface area contributed by atoms with E-state index in [4.69, 9.17) is 0 Å². The smallest absolute Gasteiger partial charge is 0.240 e. The molecule has 0 saturated carbocycles. The monoisotopic (exact) mass is 355 g/mol. The largest absolute Gasteiger partial charge is 0.388 e. The Bertz CT molecular complexity index is 960. The van der Waals surface area contributed by atoms with Crippen molar-refractivity contribution in [2.45, 2.75) is 24.3 Å². The van der Waals surface area contributed by atoms with Crippen molar-refractivity contribution in [3.05, 3.63) is 77.9 Å². The maximum atomic E-state index is 12.3. The molecule has 0 aliphatic heterocycles.